The van der Waals surface area contributed by atoms with Crippen molar-refractivity contribution in [2.45, 2.75) is 12.1 Å². The molecule has 2 heterocycles. The predicted molar refractivity (Wildman–Crippen MR) is 123 cm³/mol. The molecule has 0 atom stereocenters. The summed E-state index contributed by atoms with van der Waals surface area (Å²) >= 11 is 1.28. The summed E-state index contributed by atoms with van der Waals surface area (Å²) in [5.41, 5.74) is 4.92. The minimum absolute atomic E-state index is 0.123. The number of amides is 1. The van der Waals surface area contributed by atoms with Crippen LogP contribution in [0.15, 0.2) is 87.7 Å². The van der Waals surface area contributed by atoms with Crippen molar-refractivity contribution in [3.63, 3.8) is 0 Å². The Morgan fingerprint density at radius 3 is 2.56 bits per heavy atom. The fraction of sp³-hybridized carbons (Fsp3) is 0.130. The predicted octanol–water partition coefficient (Wildman–Crippen LogP) is 4.17. The van der Waals surface area contributed by atoms with Gasteiger partial charge in [-0.1, -0.05) is 42.1 Å². The second-order valence-corrected chi connectivity index (χ2v) is 7.65. The molecule has 9 heteroatoms. The van der Waals surface area contributed by atoms with Gasteiger partial charge >= 0.3 is 0 Å². The van der Waals surface area contributed by atoms with Crippen LogP contribution >= 0.6 is 11.8 Å². The van der Waals surface area contributed by atoms with Gasteiger partial charge in [-0.2, -0.15) is 5.10 Å². The second kappa shape index (κ2) is 9.97. The number of furan rings is 1. The van der Waals surface area contributed by atoms with Crippen LogP contribution in [0.4, 0.5) is 0 Å². The molecule has 0 aliphatic heterocycles. The molecule has 8 nitrogen and oxygen atoms in total. The summed E-state index contributed by atoms with van der Waals surface area (Å²) in [5, 5.41) is 13.4. The molecular weight excluding hydrogens is 426 g/mol. The van der Waals surface area contributed by atoms with Crippen molar-refractivity contribution < 1.29 is 13.9 Å². The molecule has 2 aromatic heterocycles. The number of thioether (sulfide) groups is 1. The molecule has 4 aromatic rings. The first-order valence-electron chi connectivity index (χ1n) is 9.81. The first-order valence-corrected chi connectivity index (χ1v) is 10.8. The molecular formula is C23H21N5O3S. The van der Waals surface area contributed by atoms with Crippen molar-refractivity contribution >= 4 is 23.4 Å². The molecule has 0 unspecified atom stereocenters. The molecule has 0 saturated heterocycles. The molecule has 0 aliphatic carbocycles. The number of methoxy groups -OCH3 is 1. The minimum atomic E-state index is -0.258. The number of nitrogens with zero attached hydrogens (tertiary/aromatic N) is 4. The van der Waals surface area contributed by atoms with Crippen LogP contribution in [0, 0.1) is 0 Å². The van der Waals surface area contributed by atoms with Gasteiger partial charge in [0.25, 0.3) is 5.91 Å². The van der Waals surface area contributed by atoms with Crippen LogP contribution in [0.1, 0.15) is 12.7 Å². The van der Waals surface area contributed by atoms with Crippen LogP contribution in [0.3, 0.4) is 0 Å². The maximum Gasteiger partial charge on any atom is 0.250 e. The molecule has 4 rings (SSSR count). The Balaban J connectivity index is 1.55. The van der Waals surface area contributed by atoms with Gasteiger partial charge in [-0.05, 0) is 43.3 Å². The third-order valence-corrected chi connectivity index (χ3v) is 5.48. The topological polar surface area (TPSA) is 94.5 Å². The highest BCUT2D eigenvalue weighted by molar-refractivity contribution is 7.99. The number of benzene rings is 2. The van der Waals surface area contributed by atoms with Gasteiger partial charge < -0.3 is 9.15 Å². The molecule has 0 fully saturated rings. The summed E-state index contributed by atoms with van der Waals surface area (Å²) < 4.78 is 12.5. The molecule has 2 aromatic carbocycles. The van der Waals surface area contributed by atoms with E-state index in [2.05, 4.69) is 20.7 Å². The lowest BCUT2D eigenvalue weighted by molar-refractivity contribution is -0.118. The van der Waals surface area contributed by atoms with Crippen LogP contribution in [0.25, 0.3) is 17.1 Å². The molecule has 162 valence electrons. The summed E-state index contributed by atoms with van der Waals surface area (Å²) in [6.45, 7) is 1.76. The van der Waals surface area contributed by atoms with Gasteiger partial charge in [0.1, 0.15) is 17.2 Å². The van der Waals surface area contributed by atoms with Crippen molar-refractivity contribution in [1.29, 1.82) is 0 Å². The quantitative estimate of drug-likeness (QED) is 0.248. The summed E-state index contributed by atoms with van der Waals surface area (Å²) in [6, 6.07) is 20.9. The normalized spacial score (nSPS) is 11.4. The zero-order valence-corrected chi connectivity index (χ0v) is 18.4. The summed E-state index contributed by atoms with van der Waals surface area (Å²) in [6.07, 6.45) is 1.56. The van der Waals surface area contributed by atoms with E-state index in [4.69, 9.17) is 9.15 Å². The smallest absolute Gasteiger partial charge is 0.250 e. The van der Waals surface area contributed by atoms with Gasteiger partial charge in [0.2, 0.25) is 0 Å². The van der Waals surface area contributed by atoms with E-state index >= 15 is 0 Å². The number of aromatic nitrogens is 3. The minimum Gasteiger partial charge on any atom is -0.497 e. The molecule has 0 saturated carbocycles. The lowest BCUT2D eigenvalue weighted by Crippen LogP contribution is -2.21. The summed E-state index contributed by atoms with van der Waals surface area (Å²) in [5.74, 6) is 1.90. The highest BCUT2D eigenvalue weighted by atomic mass is 32.2. The lowest BCUT2D eigenvalue weighted by Gasteiger charge is -2.11. The van der Waals surface area contributed by atoms with Crippen LogP contribution in [-0.4, -0.2) is 39.2 Å². The number of hydrogen-bond acceptors (Lipinski definition) is 7. The summed E-state index contributed by atoms with van der Waals surface area (Å²) in [7, 11) is 1.62. The third kappa shape index (κ3) is 4.89. The van der Waals surface area contributed by atoms with Crippen molar-refractivity contribution in [1.82, 2.24) is 20.2 Å². The second-order valence-electron chi connectivity index (χ2n) is 6.70. The summed E-state index contributed by atoms with van der Waals surface area (Å²) in [4.78, 5) is 12.4. The largest absolute Gasteiger partial charge is 0.497 e. The van der Waals surface area contributed by atoms with E-state index in [9.17, 15) is 4.79 Å². The molecule has 0 radical (unpaired) electrons. The molecule has 32 heavy (non-hydrogen) atoms. The van der Waals surface area contributed by atoms with Gasteiger partial charge in [-0.3, -0.25) is 9.36 Å². The fourth-order valence-corrected chi connectivity index (χ4v) is 3.69. The Kier molecular flexibility index (Phi) is 6.66. The van der Waals surface area contributed by atoms with Gasteiger partial charge in [-0.15, -0.1) is 10.2 Å². The number of carbonyl (C=O) groups excluding carboxylic acids is 1. The fourth-order valence-electron chi connectivity index (χ4n) is 2.95. The Morgan fingerprint density at radius 2 is 1.88 bits per heavy atom. The highest BCUT2D eigenvalue weighted by Gasteiger charge is 2.17. The Hall–Kier alpha value is -3.85. The Labute approximate surface area is 189 Å². The van der Waals surface area contributed by atoms with E-state index in [1.54, 1.807) is 32.4 Å². The van der Waals surface area contributed by atoms with E-state index in [-0.39, 0.29) is 11.7 Å². The van der Waals surface area contributed by atoms with Crippen molar-refractivity contribution in [3.05, 3.63) is 78.8 Å². The molecule has 0 spiro atoms. The van der Waals surface area contributed by atoms with Gasteiger partial charge in [0, 0.05) is 11.3 Å². The average molecular weight is 448 g/mol. The number of rotatable bonds is 8. The SMILES string of the molecule is COc1ccc(-n2c(SCC(=O)N/N=C(/C)c3ccco3)nnc2-c2ccccc2)cc1. The number of hydrogen-bond donors (Lipinski definition) is 1. The zero-order chi connectivity index (χ0) is 22.3. The van der Waals surface area contributed by atoms with Crippen LogP contribution < -0.4 is 10.2 Å². The van der Waals surface area contributed by atoms with E-state index < -0.39 is 0 Å². The van der Waals surface area contributed by atoms with E-state index in [0.29, 0.717) is 22.5 Å². The van der Waals surface area contributed by atoms with Crippen molar-refractivity contribution in [2.75, 3.05) is 12.9 Å². The third-order valence-electron chi connectivity index (χ3n) is 4.55. The van der Waals surface area contributed by atoms with Gasteiger partial charge in [0.05, 0.1) is 19.1 Å². The molecule has 0 bridgehead atoms. The molecule has 1 N–H and O–H groups in total. The zero-order valence-electron chi connectivity index (χ0n) is 17.6. The van der Waals surface area contributed by atoms with Crippen LogP contribution in [0.2, 0.25) is 0 Å². The Bertz CT molecular complexity index is 1200. The van der Waals surface area contributed by atoms with Crippen molar-refractivity contribution in [3.8, 4) is 22.8 Å². The van der Waals surface area contributed by atoms with Crippen LogP contribution in [0.5, 0.6) is 5.75 Å². The van der Waals surface area contributed by atoms with Crippen molar-refractivity contribution in [2.24, 2.45) is 5.10 Å². The maximum absolute atomic E-state index is 12.4. The number of carbonyl (C=O) groups is 1. The molecule has 1 amide bonds. The first kappa shape index (κ1) is 21.4. The lowest BCUT2D eigenvalue weighted by atomic mass is 10.2. The van der Waals surface area contributed by atoms with Gasteiger partial charge in [0.15, 0.2) is 11.0 Å². The highest BCUT2D eigenvalue weighted by Crippen LogP contribution is 2.28. The first-order chi connectivity index (χ1) is 15.7. The average Bonchev–Trinajstić information content (AvgIpc) is 3.52. The Morgan fingerprint density at radius 1 is 1.09 bits per heavy atom. The van der Waals surface area contributed by atoms with Crippen LogP contribution in [-0.2, 0) is 4.79 Å². The van der Waals surface area contributed by atoms with Gasteiger partial charge in [-0.25, -0.2) is 5.43 Å². The number of ether oxygens (including phenoxy) is 1. The van der Waals surface area contributed by atoms with E-state index in [1.165, 1.54) is 11.8 Å². The number of hydrazone groups is 1. The number of nitrogens with one attached hydrogen (secondary N) is 1. The maximum atomic E-state index is 12.4. The van der Waals surface area contributed by atoms with E-state index in [1.807, 2.05) is 59.2 Å². The monoisotopic (exact) mass is 447 g/mol. The van der Waals surface area contributed by atoms with E-state index in [0.717, 1.165) is 17.0 Å². The molecule has 0 aliphatic rings. The standard InChI is InChI=1S/C23H21N5O3S/c1-16(20-9-6-14-31-20)24-25-21(29)15-32-23-27-26-22(17-7-4-3-5-8-17)28(23)18-10-12-19(30-2)13-11-18/h3-14H,15H2,1-2H3,(H,25,29)/b24-16-.